The number of nitrogens with zero attached hydrogens (tertiary/aromatic N) is 2. The Morgan fingerprint density at radius 3 is 2.44 bits per heavy atom. The van der Waals surface area contributed by atoms with E-state index in [-0.39, 0.29) is 12.8 Å². The van der Waals surface area contributed by atoms with Gasteiger partial charge in [-0.1, -0.05) is 12.1 Å². The average Bonchev–Trinajstić information content (AvgIpc) is 2.66. The quantitative estimate of drug-likeness (QED) is 0.796. The number of piperazine rings is 1. The number of ether oxygens (including phenoxy) is 1. The van der Waals surface area contributed by atoms with Crippen molar-refractivity contribution < 1.29 is 9.53 Å². The summed E-state index contributed by atoms with van der Waals surface area (Å²) in [5, 5.41) is 5.56. The van der Waals surface area contributed by atoms with Crippen molar-refractivity contribution in [3.8, 4) is 5.75 Å². The predicted molar refractivity (Wildman–Crippen MR) is 110 cm³/mol. The minimum Gasteiger partial charge on any atom is -0.473 e. The van der Waals surface area contributed by atoms with Crippen LogP contribution in [0.4, 0.5) is 16.2 Å². The number of carbonyl (C=O) groups is 1. The first kappa shape index (κ1) is 19.0. The van der Waals surface area contributed by atoms with Crippen molar-refractivity contribution in [2.45, 2.75) is 13.8 Å². The monoisotopic (exact) mass is 368 g/mol. The molecule has 2 aromatic rings. The van der Waals surface area contributed by atoms with Crippen LogP contribution in [0, 0.1) is 13.8 Å². The van der Waals surface area contributed by atoms with Gasteiger partial charge in [0.15, 0.2) is 6.73 Å². The van der Waals surface area contributed by atoms with Gasteiger partial charge in [-0.2, -0.15) is 0 Å². The maximum absolute atomic E-state index is 12.1. The molecule has 1 heterocycles. The first-order chi connectivity index (χ1) is 13.0. The van der Waals surface area contributed by atoms with E-state index in [1.165, 1.54) is 5.69 Å². The minimum absolute atomic E-state index is 0.121. The van der Waals surface area contributed by atoms with E-state index in [0.717, 1.165) is 48.7 Å². The molecule has 1 aliphatic rings. The van der Waals surface area contributed by atoms with Crippen LogP contribution in [0.1, 0.15) is 11.1 Å². The molecule has 0 saturated carbocycles. The van der Waals surface area contributed by atoms with Gasteiger partial charge in [0.2, 0.25) is 0 Å². The van der Waals surface area contributed by atoms with Gasteiger partial charge < -0.3 is 25.2 Å². The molecule has 6 heteroatoms. The fourth-order valence-electron chi connectivity index (χ4n) is 3.06. The van der Waals surface area contributed by atoms with Crippen molar-refractivity contribution in [3.05, 3.63) is 53.6 Å². The molecule has 0 spiro atoms. The summed E-state index contributed by atoms with van der Waals surface area (Å²) in [6, 6.07) is 13.6. The smallest absolute Gasteiger partial charge is 0.321 e. The number of hydrogen-bond acceptors (Lipinski definition) is 4. The second-order valence-electron chi connectivity index (χ2n) is 6.95. The maximum Gasteiger partial charge on any atom is 0.321 e. The lowest BCUT2D eigenvalue weighted by atomic mass is 10.1. The Balaban J connectivity index is 1.46. The summed E-state index contributed by atoms with van der Waals surface area (Å²) in [6.07, 6.45) is 0. The fraction of sp³-hybridized carbons (Fsp3) is 0.381. The highest BCUT2D eigenvalue weighted by Crippen LogP contribution is 2.21. The number of benzene rings is 2. The molecule has 0 aliphatic carbocycles. The third-order valence-corrected chi connectivity index (χ3v) is 5.01. The number of anilines is 2. The second kappa shape index (κ2) is 8.77. The molecule has 3 rings (SSSR count). The fourth-order valence-corrected chi connectivity index (χ4v) is 3.06. The number of aryl methyl sites for hydroxylation is 1. The third-order valence-electron chi connectivity index (χ3n) is 5.01. The molecule has 6 nitrogen and oxygen atoms in total. The minimum atomic E-state index is -0.285. The molecule has 0 atom stereocenters. The van der Waals surface area contributed by atoms with Crippen LogP contribution in [0.15, 0.2) is 42.5 Å². The summed E-state index contributed by atoms with van der Waals surface area (Å²) in [5.41, 5.74) is 4.20. The largest absolute Gasteiger partial charge is 0.473 e. The van der Waals surface area contributed by atoms with E-state index in [2.05, 4.69) is 27.5 Å². The second-order valence-corrected chi connectivity index (χ2v) is 6.95. The average molecular weight is 368 g/mol. The number of rotatable bonds is 5. The number of carbonyl (C=O) groups excluding carboxylic acids is 1. The Morgan fingerprint density at radius 2 is 1.74 bits per heavy atom. The van der Waals surface area contributed by atoms with Crippen LogP contribution < -0.4 is 20.3 Å². The maximum atomic E-state index is 12.1. The lowest BCUT2D eigenvalue weighted by Gasteiger charge is -2.34. The Labute approximate surface area is 161 Å². The van der Waals surface area contributed by atoms with E-state index in [1.807, 2.05) is 56.3 Å². The first-order valence-electron chi connectivity index (χ1n) is 9.30. The molecule has 27 heavy (non-hydrogen) atoms. The molecule has 1 fully saturated rings. The van der Waals surface area contributed by atoms with Crippen molar-refractivity contribution in [2.75, 3.05) is 50.2 Å². The number of nitrogens with one attached hydrogen (secondary N) is 2. The standard InChI is InChI=1S/C21H28N4O2/c1-16-5-4-6-20(17(16)2)27-15-22-21(26)23-18-7-9-19(10-8-18)25-13-11-24(3)12-14-25/h4-10H,11-15H2,1-3H3,(H2,22,23,26). The molecule has 2 amide bonds. The normalized spacial score (nSPS) is 14.7. The highest BCUT2D eigenvalue weighted by molar-refractivity contribution is 5.89. The predicted octanol–water partition coefficient (Wildman–Crippen LogP) is 3.21. The van der Waals surface area contributed by atoms with Crippen molar-refractivity contribution in [1.82, 2.24) is 10.2 Å². The first-order valence-corrected chi connectivity index (χ1v) is 9.30. The van der Waals surface area contributed by atoms with E-state index < -0.39 is 0 Å². The zero-order chi connectivity index (χ0) is 19.2. The zero-order valence-corrected chi connectivity index (χ0v) is 16.3. The van der Waals surface area contributed by atoms with Crippen LogP contribution in [0.25, 0.3) is 0 Å². The zero-order valence-electron chi connectivity index (χ0n) is 16.3. The molecular formula is C21H28N4O2. The summed E-state index contributed by atoms with van der Waals surface area (Å²) in [4.78, 5) is 16.8. The van der Waals surface area contributed by atoms with Crippen LogP contribution in [0.3, 0.4) is 0 Å². The van der Waals surface area contributed by atoms with Crippen molar-refractivity contribution >= 4 is 17.4 Å². The van der Waals surface area contributed by atoms with Gasteiger partial charge in [0, 0.05) is 37.6 Å². The summed E-state index contributed by atoms with van der Waals surface area (Å²) >= 11 is 0. The van der Waals surface area contributed by atoms with Gasteiger partial charge in [0.1, 0.15) is 5.75 Å². The lowest BCUT2D eigenvalue weighted by molar-refractivity contribution is 0.234. The molecule has 0 aromatic heterocycles. The molecule has 2 aromatic carbocycles. The van der Waals surface area contributed by atoms with Crippen molar-refractivity contribution in [1.29, 1.82) is 0 Å². The van der Waals surface area contributed by atoms with Gasteiger partial charge in [-0.15, -0.1) is 0 Å². The number of urea groups is 1. The van der Waals surface area contributed by atoms with Gasteiger partial charge in [-0.25, -0.2) is 4.79 Å². The summed E-state index contributed by atoms with van der Waals surface area (Å²) in [7, 11) is 2.15. The Kier molecular flexibility index (Phi) is 6.19. The Morgan fingerprint density at radius 1 is 1.04 bits per heavy atom. The van der Waals surface area contributed by atoms with E-state index in [1.54, 1.807) is 0 Å². The SMILES string of the molecule is Cc1cccc(OCNC(=O)Nc2ccc(N3CCN(C)CC3)cc2)c1C. The molecule has 1 aliphatic heterocycles. The summed E-state index contributed by atoms with van der Waals surface area (Å²) in [5.74, 6) is 0.784. The third kappa shape index (κ3) is 5.14. The number of amides is 2. The van der Waals surface area contributed by atoms with Crippen LogP contribution in [0.5, 0.6) is 5.75 Å². The van der Waals surface area contributed by atoms with E-state index in [9.17, 15) is 4.79 Å². The van der Waals surface area contributed by atoms with E-state index in [4.69, 9.17) is 4.74 Å². The van der Waals surface area contributed by atoms with Crippen LogP contribution >= 0.6 is 0 Å². The lowest BCUT2D eigenvalue weighted by Crippen LogP contribution is -2.44. The Bertz CT molecular complexity index is 768. The van der Waals surface area contributed by atoms with E-state index >= 15 is 0 Å². The van der Waals surface area contributed by atoms with Crippen LogP contribution in [0.2, 0.25) is 0 Å². The van der Waals surface area contributed by atoms with Gasteiger partial charge in [0.25, 0.3) is 0 Å². The topological polar surface area (TPSA) is 56.8 Å². The summed E-state index contributed by atoms with van der Waals surface area (Å²) in [6.45, 7) is 8.36. The van der Waals surface area contributed by atoms with Crippen LogP contribution in [-0.4, -0.2) is 50.9 Å². The highest BCUT2D eigenvalue weighted by Gasteiger charge is 2.14. The van der Waals surface area contributed by atoms with Gasteiger partial charge in [-0.3, -0.25) is 0 Å². The molecule has 0 radical (unpaired) electrons. The van der Waals surface area contributed by atoms with Crippen molar-refractivity contribution in [2.24, 2.45) is 0 Å². The molecular weight excluding hydrogens is 340 g/mol. The molecule has 2 N–H and O–H groups in total. The summed E-state index contributed by atoms with van der Waals surface area (Å²) < 4.78 is 5.65. The highest BCUT2D eigenvalue weighted by atomic mass is 16.5. The van der Waals surface area contributed by atoms with Gasteiger partial charge in [-0.05, 0) is 62.4 Å². The van der Waals surface area contributed by atoms with E-state index in [0.29, 0.717) is 0 Å². The van der Waals surface area contributed by atoms with Crippen LogP contribution in [-0.2, 0) is 0 Å². The number of hydrogen-bond donors (Lipinski definition) is 2. The molecule has 0 bridgehead atoms. The van der Waals surface area contributed by atoms with Gasteiger partial charge in [0.05, 0.1) is 0 Å². The number of likely N-dealkylation sites (N-methyl/N-ethyl adjacent to an activating group) is 1. The Hall–Kier alpha value is -2.73. The molecule has 0 unspecified atom stereocenters. The molecule has 144 valence electrons. The van der Waals surface area contributed by atoms with Gasteiger partial charge >= 0.3 is 6.03 Å². The van der Waals surface area contributed by atoms with Crippen molar-refractivity contribution in [3.63, 3.8) is 0 Å². The molecule has 1 saturated heterocycles.